The van der Waals surface area contributed by atoms with Gasteiger partial charge in [-0.05, 0) is 22.0 Å². The lowest BCUT2D eigenvalue weighted by atomic mass is 10.1. The van der Waals surface area contributed by atoms with Gasteiger partial charge in [0.2, 0.25) is 0 Å². The first-order valence-corrected chi connectivity index (χ1v) is 8.52. The molecule has 0 aromatic carbocycles. The highest BCUT2D eigenvalue weighted by molar-refractivity contribution is 9.11. The van der Waals surface area contributed by atoms with Crippen LogP contribution in [0.4, 0.5) is 0 Å². The fraction of sp³-hybridized carbons (Fsp3) is 0.444. The zero-order chi connectivity index (χ0) is 13.3. The topological polar surface area (TPSA) is 70.0 Å². The Morgan fingerprint density at radius 1 is 1.44 bits per heavy atom. The van der Waals surface area contributed by atoms with Crippen molar-refractivity contribution in [1.29, 1.82) is 0 Å². The Hall–Kier alpha value is -0.150. The van der Waals surface area contributed by atoms with E-state index in [4.69, 9.17) is 16.8 Å². The molecule has 0 radical (unpaired) electrons. The molecule has 1 fully saturated rings. The number of oxime groups is 1. The molecule has 18 heavy (non-hydrogen) atoms. The minimum absolute atomic E-state index is 0.226. The summed E-state index contributed by atoms with van der Waals surface area (Å²) in [5.74, 6) is 0. The van der Waals surface area contributed by atoms with Crippen molar-refractivity contribution < 1.29 is 13.6 Å². The summed E-state index contributed by atoms with van der Waals surface area (Å²) in [4.78, 5) is 0. The van der Waals surface area contributed by atoms with Crippen LogP contribution in [0.3, 0.4) is 0 Å². The Balaban J connectivity index is 2.22. The van der Waals surface area contributed by atoms with Gasteiger partial charge >= 0.3 is 0 Å². The van der Waals surface area contributed by atoms with E-state index in [1.54, 1.807) is 0 Å². The van der Waals surface area contributed by atoms with Crippen molar-refractivity contribution in [2.45, 2.75) is 17.1 Å². The van der Waals surface area contributed by atoms with Crippen LogP contribution in [-0.2, 0) is 10.0 Å². The van der Waals surface area contributed by atoms with Gasteiger partial charge in [0.1, 0.15) is 4.21 Å². The largest absolute Gasteiger partial charge is 0.411 e. The lowest BCUT2D eigenvalue weighted by molar-refractivity contribution is 0.310. The predicted octanol–water partition coefficient (Wildman–Crippen LogP) is 2.78. The molecular weight excluding hydrogens is 364 g/mol. The maximum atomic E-state index is 12.3. The number of rotatable bonds is 2. The number of thiophene rings is 1. The third kappa shape index (κ3) is 2.72. The van der Waals surface area contributed by atoms with Crippen LogP contribution in [0.1, 0.15) is 12.8 Å². The molecule has 5 nitrogen and oxygen atoms in total. The molecule has 100 valence electrons. The molecule has 0 saturated carbocycles. The van der Waals surface area contributed by atoms with E-state index in [9.17, 15) is 8.42 Å². The van der Waals surface area contributed by atoms with Crippen LogP contribution in [0.5, 0.6) is 0 Å². The van der Waals surface area contributed by atoms with E-state index in [1.165, 1.54) is 10.4 Å². The van der Waals surface area contributed by atoms with E-state index in [-0.39, 0.29) is 4.21 Å². The van der Waals surface area contributed by atoms with Gasteiger partial charge in [0.25, 0.3) is 10.0 Å². The second-order valence-electron chi connectivity index (χ2n) is 3.76. The van der Waals surface area contributed by atoms with E-state index in [1.807, 2.05) is 0 Å². The van der Waals surface area contributed by atoms with Crippen LogP contribution in [0.25, 0.3) is 0 Å². The Labute approximate surface area is 122 Å². The summed E-state index contributed by atoms with van der Waals surface area (Å²) >= 11 is 10.2. The van der Waals surface area contributed by atoms with Crippen LogP contribution in [0, 0.1) is 0 Å². The van der Waals surface area contributed by atoms with Gasteiger partial charge in [-0.25, -0.2) is 8.42 Å². The minimum Gasteiger partial charge on any atom is -0.411 e. The molecule has 1 aromatic rings. The molecular formula is C9H10BrClN2O3S2. The van der Waals surface area contributed by atoms with Gasteiger partial charge in [-0.2, -0.15) is 4.31 Å². The maximum Gasteiger partial charge on any atom is 0.252 e. The molecule has 1 aromatic heterocycles. The monoisotopic (exact) mass is 372 g/mol. The number of sulfonamides is 1. The molecule has 1 aliphatic rings. The standard InChI is InChI=1S/C9H10BrClN2O3S2/c10-9-7(11)5-8(17-9)18(15,16)13-3-1-6(12-14)2-4-13/h5,14H,1-4H2. The normalized spacial score (nSPS) is 18.0. The van der Waals surface area contributed by atoms with Gasteiger partial charge in [-0.3, -0.25) is 0 Å². The van der Waals surface area contributed by atoms with Gasteiger partial charge in [0, 0.05) is 25.9 Å². The number of hydrogen-bond donors (Lipinski definition) is 1. The van der Waals surface area contributed by atoms with Crippen molar-refractivity contribution >= 4 is 54.6 Å². The second-order valence-corrected chi connectivity index (χ2v) is 8.70. The minimum atomic E-state index is -3.49. The van der Waals surface area contributed by atoms with Gasteiger partial charge in [-0.15, -0.1) is 11.3 Å². The summed E-state index contributed by atoms with van der Waals surface area (Å²) in [5, 5.41) is 12.2. The Morgan fingerprint density at radius 2 is 2.06 bits per heavy atom. The van der Waals surface area contributed by atoms with Gasteiger partial charge in [0.15, 0.2) is 0 Å². The average Bonchev–Trinajstić information content (AvgIpc) is 2.70. The molecule has 2 heterocycles. The first kappa shape index (κ1) is 14.3. The summed E-state index contributed by atoms with van der Waals surface area (Å²) in [5.41, 5.74) is 0.631. The summed E-state index contributed by atoms with van der Waals surface area (Å²) in [7, 11) is -3.49. The summed E-state index contributed by atoms with van der Waals surface area (Å²) < 4.78 is 26.8. The SMILES string of the molecule is O=S(=O)(c1cc(Cl)c(Br)s1)N1CCC(=NO)CC1. The van der Waals surface area contributed by atoms with Crippen LogP contribution < -0.4 is 0 Å². The van der Waals surface area contributed by atoms with Crippen molar-refractivity contribution in [2.24, 2.45) is 5.16 Å². The zero-order valence-corrected chi connectivity index (χ0v) is 13.1. The van der Waals surface area contributed by atoms with Crippen LogP contribution in [0.2, 0.25) is 5.02 Å². The highest BCUT2D eigenvalue weighted by Gasteiger charge is 2.29. The van der Waals surface area contributed by atoms with Crippen LogP contribution in [0.15, 0.2) is 19.2 Å². The second kappa shape index (κ2) is 5.46. The zero-order valence-electron chi connectivity index (χ0n) is 9.14. The number of hydrogen-bond acceptors (Lipinski definition) is 5. The average molecular weight is 374 g/mol. The first-order chi connectivity index (χ1) is 8.45. The summed E-state index contributed by atoms with van der Waals surface area (Å²) in [6.07, 6.45) is 0.909. The molecule has 0 unspecified atom stereocenters. The molecule has 1 saturated heterocycles. The first-order valence-electron chi connectivity index (χ1n) is 5.10. The Kier molecular flexibility index (Phi) is 4.32. The molecule has 9 heteroatoms. The predicted molar refractivity (Wildman–Crippen MR) is 74.2 cm³/mol. The lowest BCUT2D eigenvalue weighted by Crippen LogP contribution is -2.38. The highest BCUT2D eigenvalue weighted by atomic mass is 79.9. The van der Waals surface area contributed by atoms with Crippen molar-refractivity contribution in [2.75, 3.05) is 13.1 Å². The molecule has 0 atom stereocenters. The van der Waals surface area contributed by atoms with Gasteiger partial charge in [-0.1, -0.05) is 16.8 Å². The van der Waals surface area contributed by atoms with E-state index >= 15 is 0 Å². The van der Waals surface area contributed by atoms with Crippen molar-refractivity contribution in [1.82, 2.24) is 4.31 Å². The Morgan fingerprint density at radius 3 is 2.50 bits per heavy atom. The molecule has 0 amide bonds. The number of nitrogens with zero attached hydrogens (tertiary/aromatic N) is 2. The smallest absolute Gasteiger partial charge is 0.252 e. The van der Waals surface area contributed by atoms with Gasteiger partial charge < -0.3 is 5.21 Å². The number of piperidine rings is 1. The third-order valence-electron chi connectivity index (χ3n) is 2.66. The van der Waals surface area contributed by atoms with Gasteiger partial charge in [0.05, 0.1) is 14.5 Å². The van der Waals surface area contributed by atoms with E-state index in [0.29, 0.717) is 40.5 Å². The quantitative estimate of drug-likeness (QED) is 0.640. The van der Waals surface area contributed by atoms with Crippen molar-refractivity contribution in [3.63, 3.8) is 0 Å². The van der Waals surface area contributed by atoms with E-state index in [2.05, 4.69) is 21.1 Å². The number of halogens is 2. The summed E-state index contributed by atoms with van der Waals surface area (Å²) in [6, 6.07) is 1.45. The third-order valence-corrected chi connectivity index (χ3v) is 7.48. The molecule has 1 aliphatic heterocycles. The molecule has 0 spiro atoms. The lowest BCUT2D eigenvalue weighted by Gasteiger charge is -2.25. The van der Waals surface area contributed by atoms with Crippen LogP contribution in [-0.4, -0.2) is 36.7 Å². The molecule has 1 N–H and O–H groups in total. The van der Waals surface area contributed by atoms with Crippen molar-refractivity contribution in [3.05, 3.63) is 14.9 Å². The molecule has 0 aliphatic carbocycles. The fourth-order valence-corrected chi connectivity index (χ4v) is 5.66. The van der Waals surface area contributed by atoms with Crippen LogP contribution >= 0.6 is 38.9 Å². The highest BCUT2D eigenvalue weighted by Crippen LogP contribution is 2.36. The van der Waals surface area contributed by atoms with Crippen molar-refractivity contribution in [3.8, 4) is 0 Å². The fourth-order valence-electron chi connectivity index (χ4n) is 1.67. The van der Waals surface area contributed by atoms with E-state index in [0.717, 1.165) is 11.3 Å². The van der Waals surface area contributed by atoms with E-state index < -0.39 is 10.0 Å². The Bertz CT molecular complexity index is 555. The molecule has 2 rings (SSSR count). The maximum absolute atomic E-state index is 12.3. The molecule has 0 bridgehead atoms. The summed E-state index contributed by atoms with van der Waals surface area (Å²) in [6.45, 7) is 0.656.